The van der Waals surface area contributed by atoms with Gasteiger partial charge in [0.2, 0.25) is 0 Å². The quantitative estimate of drug-likeness (QED) is 0.106. The van der Waals surface area contributed by atoms with Gasteiger partial charge in [-0.3, -0.25) is 0 Å². The van der Waals surface area contributed by atoms with Crippen molar-refractivity contribution in [1.29, 1.82) is 0 Å². The molecule has 0 aliphatic carbocycles. The molecular formula is C40H44O8. The van der Waals surface area contributed by atoms with Crippen LogP contribution in [0.4, 0.5) is 0 Å². The molecule has 1 N–H and O–H groups in total. The number of benzene rings is 4. The summed E-state index contributed by atoms with van der Waals surface area (Å²) in [4.78, 5) is 13.1. The van der Waals surface area contributed by atoms with Crippen LogP contribution in [0.2, 0.25) is 0 Å². The molecule has 1 aliphatic heterocycles. The monoisotopic (exact) mass is 652 g/mol. The lowest BCUT2D eigenvalue weighted by molar-refractivity contribution is -0.324. The Kier molecular flexibility index (Phi) is 13.1. The number of hydrogen-bond acceptors (Lipinski definition) is 8. The fourth-order valence-electron chi connectivity index (χ4n) is 6.02. The van der Waals surface area contributed by atoms with Crippen molar-refractivity contribution in [2.75, 3.05) is 13.7 Å². The number of aliphatic hydroxyl groups excluding tert-OH is 1. The highest BCUT2D eigenvalue weighted by Crippen LogP contribution is 2.42. The molecule has 4 aromatic carbocycles. The molecule has 0 amide bonds. The van der Waals surface area contributed by atoms with Crippen molar-refractivity contribution in [3.8, 4) is 0 Å². The minimum Gasteiger partial charge on any atom is -0.467 e. The molecular weight excluding hydrogens is 608 g/mol. The Hall–Kier alpha value is -4.15. The fourth-order valence-corrected chi connectivity index (χ4v) is 6.02. The van der Waals surface area contributed by atoms with Crippen LogP contribution in [0.1, 0.15) is 28.7 Å². The van der Waals surface area contributed by atoms with Crippen molar-refractivity contribution in [2.24, 2.45) is 0 Å². The molecule has 1 saturated heterocycles. The summed E-state index contributed by atoms with van der Waals surface area (Å²) < 4.78 is 38.2. The highest BCUT2D eigenvalue weighted by atomic mass is 16.6. The van der Waals surface area contributed by atoms with E-state index in [2.05, 4.69) is 6.58 Å². The van der Waals surface area contributed by atoms with Crippen LogP contribution in [0.15, 0.2) is 134 Å². The van der Waals surface area contributed by atoms with Gasteiger partial charge in [0, 0.05) is 0 Å². The lowest BCUT2D eigenvalue weighted by Crippen LogP contribution is -2.71. The molecule has 6 atom stereocenters. The van der Waals surface area contributed by atoms with E-state index >= 15 is 0 Å². The predicted molar refractivity (Wildman–Crippen MR) is 182 cm³/mol. The number of hydrogen-bond donors (Lipinski definition) is 1. The van der Waals surface area contributed by atoms with E-state index in [4.69, 9.17) is 28.4 Å². The average Bonchev–Trinajstić information content (AvgIpc) is 3.14. The zero-order chi connectivity index (χ0) is 33.6. The van der Waals surface area contributed by atoms with Crippen LogP contribution in [-0.2, 0) is 59.6 Å². The van der Waals surface area contributed by atoms with Gasteiger partial charge in [0.25, 0.3) is 0 Å². The van der Waals surface area contributed by atoms with Crippen molar-refractivity contribution in [3.05, 3.63) is 156 Å². The Morgan fingerprint density at radius 3 is 1.62 bits per heavy atom. The van der Waals surface area contributed by atoms with E-state index in [1.54, 1.807) is 6.08 Å². The number of aliphatic hydroxyl groups is 1. The molecule has 0 saturated carbocycles. The van der Waals surface area contributed by atoms with E-state index in [9.17, 15) is 9.90 Å². The van der Waals surface area contributed by atoms with E-state index in [-0.39, 0.29) is 32.8 Å². The molecule has 48 heavy (non-hydrogen) atoms. The summed E-state index contributed by atoms with van der Waals surface area (Å²) in [7, 11) is 1.23. The molecule has 0 radical (unpaired) electrons. The molecule has 5 rings (SSSR count). The lowest BCUT2D eigenvalue weighted by atomic mass is 9.78. The molecule has 0 aromatic heterocycles. The smallest absolute Gasteiger partial charge is 0.337 e. The normalized spacial score (nSPS) is 22.9. The van der Waals surface area contributed by atoms with Gasteiger partial charge in [-0.2, -0.15) is 0 Å². The third-order valence-corrected chi connectivity index (χ3v) is 8.43. The van der Waals surface area contributed by atoms with Crippen LogP contribution in [0.3, 0.4) is 0 Å². The summed E-state index contributed by atoms with van der Waals surface area (Å²) in [5, 5.41) is 11.7. The number of ether oxygens (including phenoxy) is 6. The number of methoxy groups -OCH3 is 1. The number of rotatable bonds is 17. The fraction of sp³-hybridized carbons (Fsp3) is 0.325. The van der Waals surface area contributed by atoms with E-state index in [1.807, 2.05) is 121 Å². The predicted octanol–water partition coefficient (Wildman–Crippen LogP) is 6.21. The van der Waals surface area contributed by atoms with Crippen molar-refractivity contribution in [3.63, 3.8) is 0 Å². The molecule has 252 valence electrons. The molecule has 0 bridgehead atoms. The van der Waals surface area contributed by atoms with E-state index in [0.717, 1.165) is 22.3 Å². The zero-order valence-corrected chi connectivity index (χ0v) is 27.3. The summed E-state index contributed by atoms with van der Waals surface area (Å²) in [5.41, 5.74) is 2.13. The van der Waals surface area contributed by atoms with Crippen molar-refractivity contribution in [2.45, 2.75) is 69.0 Å². The maximum absolute atomic E-state index is 13.1. The summed E-state index contributed by atoms with van der Waals surface area (Å²) in [6.45, 7) is 5.00. The van der Waals surface area contributed by atoms with E-state index in [1.165, 1.54) is 7.11 Å². The Balaban J connectivity index is 1.56. The highest BCUT2D eigenvalue weighted by Gasteiger charge is 2.61. The van der Waals surface area contributed by atoms with Crippen LogP contribution in [0, 0.1) is 0 Å². The SMILES string of the molecule is C=CC[C@]1([C@H](O)C(=O)OC)OC(COCc2ccccc2)[C@@H](OCc2ccccc2)[C@H](OCc2ccccc2)C1OCc1ccccc1. The molecule has 1 heterocycles. The first-order valence-electron chi connectivity index (χ1n) is 16.2. The molecule has 8 heteroatoms. The Morgan fingerprint density at radius 2 is 1.17 bits per heavy atom. The largest absolute Gasteiger partial charge is 0.467 e. The summed E-state index contributed by atoms with van der Waals surface area (Å²) in [5.74, 6) is -0.862. The molecule has 8 nitrogen and oxygen atoms in total. The molecule has 1 fully saturated rings. The third kappa shape index (κ3) is 9.05. The average molecular weight is 653 g/mol. The Morgan fingerprint density at radius 1 is 0.729 bits per heavy atom. The standard InChI is InChI=1S/C40H44O8/c1-3-24-40(37(41)39(42)43-2)38(47-28-33-22-14-7-15-23-33)36(46-27-32-20-12-6-13-21-32)35(45-26-31-18-10-5-11-19-31)34(48-40)29-44-25-30-16-8-4-9-17-30/h3-23,34-38,41H,1,24-29H2,2H3/t34?,35-,36+,37-,38?,40-/m1/s1. The third-order valence-electron chi connectivity index (χ3n) is 8.43. The maximum Gasteiger partial charge on any atom is 0.337 e. The second kappa shape index (κ2) is 17.8. The Labute approximate surface area is 282 Å². The first kappa shape index (κ1) is 35.2. The first-order chi connectivity index (χ1) is 23.5. The van der Waals surface area contributed by atoms with Crippen molar-refractivity contribution in [1.82, 2.24) is 0 Å². The van der Waals surface area contributed by atoms with Crippen molar-refractivity contribution < 1.29 is 38.3 Å². The topological polar surface area (TPSA) is 92.7 Å². The van der Waals surface area contributed by atoms with Gasteiger partial charge in [-0.25, -0.2) is 4.79 Å². The minimum absolute atomic E-state index is 0.0501. The molecule has 2 unspecified atom stereocenters. The van der Waals surface area contributed by atoms with Gasteiger partial charge in [-0.1, -0.05) is 127 Å². The first-order valence-corrected chi connectivity index (χ1v) is 16.2. The molecule has 0 spiro atoms. The van der Waals surface area contributed by atoms with Crippen LogP contribution in [-0.4, -0.2) is 60.9 Å². The minimum atomic E-state index is -1.74. The van der Waals surface area contributed by atoms with E-state index in [0.29, 0.717) is 6.61 Å². The second-order valence-corrected chi connectivity index (χ2v) is 11.8. The van der Waals surface area contributed by atoms with Gasteiger partial charge in [0.05, 0.1) is 40.1 Å². The van der Waals surface area contributed by atoms with Crippen LogP contribution in [0.25, 0.3) is 0 Å². The summed E-state index contributed by atoms with van der Waals surface area (Å²) in [6.07, 6.45) is -3.42. The number of esters is 1. The number of carbonyl (C=O) groups excluding carboxylic acids is 1. The van der Waals surface area contributed by atoms with Gasteiger partial charge in [0.15, 0.2) is 6.10 Å². The van der Waals surface area contributed by atoms with Crippen LogP contribution >= 0.6 is 0 Å². The molecule has 4 aromatic rings. The van der Waals surface area contributed by atoms with Gasteiger partial charge in [-0.15, -0.1) is 6.58 Å². The van der Waals surface area contributed by atoms with Gasteiger partial charge in [0.1, 0.15) is 30.0 Å². The molecule has 1 aliphatic rings. The van der Waals surface area contributed by atoms with Crippen LogP contribution in [0.5, 0.6) is 0 Å². The lowest BCUT2D eigenvalue weighted by Gasteiger charge is -2.53. The Bertz CT molecular complexity index is 1520. The van der Waals surface area contributed by atoms with Crippen LogP contribution < -0.4 is 0 Å². The van der Waals surface area contributed by atoms with E-state index < -0.39 is 42.1 Å². The highest BCUT2D eigenvalue weighted by molar-refractivity contribution is 5.76. The van der Waals surface area contributed by atoms with Crippen molar-refractivity contribution >= 4 is 5.97 Å². The second-order valence-electron chi connectivity index (χ2n) is 11.8. The summed E-state index contributed by atoms with van der Waals surface area (Å²) in [6, 6.07) is 39.1. The summed E-state index contributed by atoms with van der Waals surface area (Å²) >= 11 is 0. The van der Waals surface area contributed by atoms with Gasteiger partial charge >= 0.3 is 5.97 Å². The zero-order valence-electron chi connectivity index (χ0n) is 27.3. The van der Waals surface area contributed by atoms with Gasteiger partial charge < -0.3 is 33.5 Å². The van der Waals surface area contributed by atoms with Gasteiger partial charge in [-0.05, 0) is 28.7 Å². The number of carbonyl (C=O) groups is 1. The maximum atomic E-state index is 13.1.